The van der Waals surface area contributed by atoms with Crippen molar-refractivity contribution in [3.63, 3.8) is 0 Å². The van der Waals surface area contributed by atoms with Crippen LogP contribution in [0.2, 0.25) is 5.02 Å². The molecule has 4 rings (SSSR count). The summed E-state index contributed by atoms with van der Waals surface area (Å²) in [6.07, 6.45) is 3.97. The van der Waals surface area contributed by atoms with Gasteiger partial charge in [0, 0.05) is 36.8 Å². The van der Waals surface area contributed by atoms with E-state index in [0.29, 0.717) is 17.1 Å². The maximum absolute atomic E-state index is 13.1. The first kappa shape index (κ1) is 21.4. The minimum atomic E-state index is -0.0638. The number of fused-ring (bicyclic) bond motifs is 1. The van der Waals surface area contributed by atoms with Crippen LogP contribution in [0.25, 0.3) is 0 Å². The Morgan fingerprint density at radius 2 is 1.57 bits per heavy atom. The molecule has 3 aliphatic rings. The lowest BCUT2D eigenvalue weighted by Crippen LogP contribution is -2.47. The van der Waals surface area contributed by atoms with Crippen LogP contribution in [0.15, 0.2) is 24.3 Å². The van der Waals surface area contributed by atoms with Crippen LogP contribution in [0.1, 0.15) is 36.0 Å². The molecular formula is C21H29Cl2N3O2. The van der Waals surface area contributed by atoms with Gasteiger partial charge in [-0.25, -0.2) is 0 Å². The number of amides is 2. The van der Waals surface area contributed by atoms with Gasteiger partial charge in [0.1, 0.15) is 0 Å². The number of nitrogens with zero attached hydrogens (tertiary/aromatic N) is 2. The Kier molecular flexibility index (Phi) is 7.24. The van der Waals surface area contributed by atoms with Crippen molar-refractivity contribution in [1.82, 2.24) is 15.1 Å². The molecule has 7 heteroatoms. The molecule has 154 valence electrons. The molecular weight excluding hydrogens is 397 g/mol. The molecule has 0 saturated carbocycles. The molecule has 1 aromatic rings. The number of rotatable bonds is 2. The van der Waals surface area contributed by atoms with Crippen LogP contribution in [0.4, 0.5) is 0 Å². The van der Waals surface area contributed by atoms with E-state index in [1.54, 1.807) is 24.3 Å². The zero-order valence-electron chi connectivity index (χ0n) is 16.1. The highest BCUT2D eigenvalue weighted by Gasteiger charge is 2.35. The molecule has 2 amide bonds. The van der Waals surface area contributed by atoms with Crippen molar-refractivity contribution in [2.75, 3.05) is 39.3 Å². The minimum Gasteiger partial charge on any atom is -0.342 e. The Labute approximate surface area is 178 Å². The fourth-order valence-electron chi connectivity index (χ4n) is 4.83. The number of carbonyl (C=O) groups is 2. The van der Waals surface area contributed by atoms with E-state index in [4.69, 9.17) is 11.6 Å². The van der Waals surface area contributed by atoms with Gasteiger partial charge in [-0.2, -0.15) is 0 Å². The van der Waals surface area contributed by atoms with Crippen LogP contribution in [0.3, 0.4) is 0 Å². The van der Waals surface area contributed by atoms with Gasteiger partial charge in [-0.3, -0.25) is 9.59 Å². The molecule has 3 atom stereocenters. The standard InChI is InChI=1S/C21H28ClN3O2.ClH/c22-19-5-3-15(4-6-19)20(26)25-9-1-2-18(14-25)21(27)24-10-7-16-12-23-13-17(16)8-11-24;/h3-6,16-18,23H,1-2,7-14H2;1H/t16-,17+,18?;. The summed E-state index contributed by atoms with van der Waals surface area (Å²) >= 11 is 5.92. The lowest BCUT2D eigenvalue weighted by atomic mass is 9.92. The van der Waals surface area contributed by atoms with Crippen LogP contribution in [0.5, 0.6) is 0 Å². The van der Waals surface area contributed by atoms with E-state index in [1.807, 2.05) is 4.90 Å². The fraction of sp³-hybridized carbons (Fsp3) is 0.619. The third-order valence-electron chi connectivity index (χ3n) is 6.48. The highest BCUT2D eigenvalue weighted by Crippen LogP contribution is 2.29. The summed E-state index contributed by atoms with van der Waals surface area (Å²) in [5.74, 6) is 1.62. The van der Waals surface area contributed by atoms with Gasteiger partial charge in [0.25, 0.3) is 5.91 Å². The Hall–Kier alpha value is -1.30. The minimum absolute atomic E-state index is 0. The summed E-state index contributed by atoms with van der Waals surface area (Å²) in [7, 11) is 0. The summed E-state index contributed by atoms with van der Waals surface area (Å²) in [6.45, 7) is 5.18. The fourth-order valence-corrected chi connectivity index (χ4v) is 4.96. The zero-order chi connectivity index (χ0) is 18.8. The molecule has 3 fully saturated rings. The van der Waals surface area contributed by atoms with Crippen molar-refractivity contribution >= 4 is 35.8 Å². The van der Waals surface area contributed by atoms with Crippen LogP contribution in [-0.4, -0.2) is 60.9 Å². The number of benzene rings is 1. The largest absolute Gasteiger partial charge is 0.342 e. The molecule has 1 N–H and O–H groups in total. The molecule has 5 nitrogen and oxygen atoms in total. The maximum atomic E-state index is 13.1. The summed E-state index contributed by atoms with van der Waals surface area (Å²) in [5.41, 5.74) is 0.641. The van der Waals surface area contributed by atoms with Crippen LogP contribution in [0, 0.1) is 17.8 Å². The summed E-state index contributed by atoms with van der Waals surface area (Å²) in [6, 6.07) is 7.00. The summed E-state index contributed by atoms with van der Waals surface area (Å²) < 4.78 is 0. The van der Waals surface area contributed by atoms with E-state index in [0.717, 1.165) is 70.2 Å². The number of carbonyl (C=O) groups excluding carboxylic acids is 2. The second kappa shape index (κ2) is 9.47. The average Bonchev–Trinajstić information content (AvgIpc) is 3.06. The highest BCUT2D eigenvalue weighted by molar-refractivity contribution is 6.30. The first-order valence-electron chi connectivity index (χ1n) is 10.2. The Balaban J connectivity index is 0.00000225. The topological polar surface area (TPSA) is 52.7 Å². The SMILES string of the molecule is Cl.O=C(c1ccc(Cl)cc1)N1CCCC(C(=O)N2CC[C@@H]3CNC[C@@H]3CC2)C1. The molecule has 1 aromatic carbocycles. The lowest BCUT2D eigenvalue weighted by Gasteiger charge is -2.35. The third-order valence-corrected chi connectivity index (χ3v) is 6.73. The molecule has 28 heavy (non-hydrogen) atoms. The van der Waals surface area contributed by atoms with Gasteiger partial charge in [-0.15, -0.1) is 12.4 Å². The van der Waals surface area contributed by atoms with Gasteiger partial charge in [0.15, 0.2) is 0 Å². The summed E-state index contributed by atoms with van der Waals surface area (Å²) in [5, 5.41) is 4.11. The number of piperidine rings is 1. The molecule has 3 saturated heterocycles. The molecule has 0 radical (unpaired) electrons. The normalized spacial score (nSPS) is 27.5. The quantitative estimate of drug-likeness (QED) is 0.791. The zero-order valence-corrected chi connectivity index (χ0v) is 17.7. The van der Waals surface area contributed by atoms with Gasteiger partial charge in [-0.1, -0.05) is 11.6 Å². The van der Waals surface area contributed by atoms with Crippen molar-refractivity contribution in [2.45, 2.75) is 25.7 Å². The average molecular weight is 426 g/mol. The van der Waals surface area contributed by atoms with E-state index >= 15 is 0 Å². The van der Waals surface area contributed by atoms with Gasteiger partial charge in [-0.05, 0) is 74.9 Å². The molecule has 3 heterocycles. The van der Waals surface area contributed by atoms with Gasteiger partial charge >= 0.3 is 0 Å². The first-order chi connectivity index (χ1) is 13.1. The Morgan fingerprint density at radius 1 is 0.929 bits per heavy atom. The lowest BCUT2D eigenvalue weighted by molar-refractivity contribution is -0.137. The van der Waals surface area contributed by atoms with E-state index in [9.17, 15) is 9.59 Å². The number of halogens is 2. The second-order valence-electron chi connectivity index (χ2n) is 8.18. The van der Waals surface area contributed by atoms with Crippen molar-refractivity contribution in [3.05, 3.63) is 34.9 Å². The molecule has 1 unspecified atom stereocenters. The number of nitrogens with one attached hydrogen (secondary N) is 1. The number of hydrogen-bond acceptors (Lipinski definition) is 3. The third kappa shape index (κ3) is 4.64. The van der Waals surface area contributed by atoms with Gasteiger partial charge < -0.3 is 15.1 Å². The van der Waals surface area contributed by atoms with E-state index in [1.165, 1.54) is 0 Å². The Bertz CT molecular complexity index is 683. The van der Waals surface area contributed by atoms with Crippen molar-refractivity contribution in [2.24, 2.45) is 17.8 Å². The second-order valence-corrected chi connectivity index (χ2v) is 8.61. The number of likely N-dealkylation sites (tertiary alicyclic amines) is 2. The highest BCUT2D eigenvalue weighted by atomic mass is 35.5. The summed E-state index contributed by atoms with van der Waals surface area (Å²) in [4.78, 5) is 29.8. The predicted octanol–water partition coefficient (Wildman–Crippen LogP) is 3.07. The van der Waals surface area contributed by atoms with E-state index < -0.39 is 0 Å². The van der Waals surface area contributed by atoms with Gasteiger partial charge in [0.2, 0.25) is 5.91 Å². The molecule has 0 bridgehead atoms. The van der Waals surface area contributed by atoms with Crippen LogP contribution in [-0.2, 0) is 4.79 Å². The monoisotopic (exact) mass is 425 g/mol. The predicted molar refractivity (Wildman–Crippen MR) is 113 cm³/mol. The van der Waals surface area contributed by atoms with Crippen molar-refractivity contribution in [1.29, 1.82) is 0 Å². The smallest absolute Gasteiger partial charge is 0.253 e. The number of hydrogen-bond donors (Lipinski definition) is 1. The van der Waals surface area contributed by atoms with E-state index in [-0.39, 0.29) is 30.1 Å². The van der Waals surface area contributed by atoms with Crippen LogP contribution < -0.4 is 5.32 Å². The molecule has 0 aliphatic carbocycles. The molecule has 0 spiro atoms. The Morgan fingerprint density at radius 3 is 2.21 bits per heavy atom. The van der Waals surface area contributed by atoms with Crippen molar-refractivity contribution in [3.8, 4) is 0 Å². The van der Waals surface area contributed by atoms with Gasteiger partial charge in [0.05, 0.1) is 5.92 Å². The van der Waals surface area contributed by atoms with E-state index in [2.05, 4.69) is 10.2 Å². The van der Waals surface area contributed by atoms with Crippen LogP contribution >= 0.6 is 24.0 Å². The maximum Gasteiger partial charge on any atom is 0.253 e. The first-order valence-corrected chi connectivity index (χ1v) is 10.5. The molecule has 3 aliphatic heterocycles. The molecule has 0 aromatic heterocycles. The van der Waals surface area contributed by atoms with Crippen molar-refractivity contribution < 1.29 is 9.59 Å².